The number of hydrogen-bond acceptors (Lipinski definition) is 2. The van der Waals surface area contributed by atoms with Gasteiger partial charge < -0.3 is 14.4 Å². The van der Waals surface area contributed by atoms with Crippen molar-refractivity contribution in [2.75, 3.05) is 26.2 Å². The summed E-state index contributed by atoms with van der Waals surface area (Å²) in [6.07, 6.45) is 4.97. The smallest absolute Gasteiger partial charge is 0.255 e. The first kappa shape index (κ1) is 18.2. The topological polar surface area (TPSA) is 45.6 Å². The summed E-state index contributed by atoms with van der Waals surface area (Å²) >= 11 is 0. The van der Waals surface area contributed by atoms with Crippen LogP contribution in [0.15, 0.2) is 36.7 Å². The van der Waals surface area contributed by atoms with Gasteiger partial charge in [0.1, 0.15) is 0 Å². The highest BCUT2D eigenvalue weighted by molar-refractivity contribution is 5.94. The molecule has 1 aliphatic heterocycles. The van der Waals surface area contributed by atoms with Crippen molar-refractivity contribution in [2.24, 2.45) is 7.05 Å². The van der Waals surface area contributed by atoms with Crippen LogP contribution in [0, 0.1) is 13.8 Å². The molecule has 0 spiro atoms. The van der Waals surface area contributed by atoms with Gasteiger partial charge in [-0.25, -0.2) is 0 Å². The monoisotopic (exact) mass is 353 g/mol. The highest BCUT2D eigenvalue weighted by atomic mass is 16.2. The fraction of sp³-hybridized carbons (Fsp3) is 0.429. The van der Waals surface area contributed by atoms with E-state index in [1.807, 2.05) is 53.7 Å². The zero-order chi connectivity index (χ0) is 18.7. The molecule has 0 radical (unpaired) electrons. The number of amides is 2. The fourth-order valence-electron chi connectivity index (χ4n) is 3.45. The zero-order valence-corrected chi connectivity index (χ0v) is 15.9. The molecule has 5 nitrogen and oxygen atoms in total. The molecule has 0 aliphatic carbocycles. The standard InChI is InChI=1S/C21H27N3O2/c1-16-5-6-17(2)19(13-16)14-20(25)23-8-4-9-24(12-11-23)21(26)18-7-10-22(3)15-18/h5-7,10,13,15H,4,8-9,11-12,14H2,1-3H3. The van der Waals surface area contributed by atoms with Crippen molar-refractivity contribution in [2.45, 2.75) is 26.7 Å². The molecular formula is C21H27N3O2. The van der Waals surface area contributed by atoms with E-state index < -0.39 is 0 Å². The summed E-state index contributed by atoms with van der Waals surface area (Å²) in [7, 11) is 1.91. The molecule has 1 aromatic heterocycles. The number of aryl methyl sites for hydroxylation is 3. The molecule has 0 atom stereocenters. The number of carbonyl (C=O) groups is 2. The average Bonchev–Trinajstić information content (AvgIpc) is 2.90. The van der Waals surface area contributed by atoms with Crippen molar-refractivity contribution in [3.8, 4) is 0 Å². The summed E-state index contributed by atoms with van der Waals surface area (Å²) in [5.74, 6) is 0.196. The van der Waals surface area contributed by atoms with Crippen LogP contribution in [0.5, 0.6) is 0 Å². The zero-order valence-electron chi connectivity index (χ0n) is 15.9. The van der Waals surface area contributed by atoms with Crippen LogP contribution in [0.2, 0.25) is 0 Å². The lowest BCUT2D eigenvalue weighted by atomic mass is 10.0. The van der Waals surface area contributed by atoms with Crippen molar-refractivity contribution in [3.63, 3.8) is 0 Å². The van der Waals surface area contributed by atoms with E-state index in [9.17, 15) is 9.59 Å². The molecule has 2 heterocycles. The van der Waals surface area contributed by atoms with Crippen molar-refractivity contribution < 1.29 is 9.59 Å². The molecule has 26 heavy (non-hydrogen) atoms. The Morgan fingerprint density at radius 3 is 2.46 bits per heavy atom. The molecule has 5 heteroatoms. The molecule has 0 N–H and O–H groups in total. The van der Waals surface area contributed by atoms with Crippen LogP contribution in [0.3, 0.4) is 0 Å². The Bertz CT molecular complexity index is 809. The highest BCUT2D eigenvalue weighted by Gasteiger charge is 2.23. The molecule has 3 rings (SSSR count). The van der Waals surface area contributed by atoms with Crippen LogP contribution < -0.4 is 0 Å². The first-order chi connectivity index (χ1) is 12.4. The SMILES string of the molecule is Cc1ccc(C)c(CC(=O)N2CCCN(C(=O)c3ccn(C)c3)CC2)c1. The minimum atomic E-state index is 0.0504. The minimum absolute atomic E-state index is 0.0504. The molecular weight excluding hydrogens is 326 g/mol. The van der Waals surface area contributed by atoms with E-state index in [1.165, 1.54) is 5.56 Å². The summed E-state index contributed by atoms with van der Waals surface area (Å²) in [6.45, 7) is 6.69. The van der Waals surface area contributed by atoms with E-state index in [1.54, 1.807) is 0 Å². The van der Waals surface area contributed by atoms with Gasteiger partial charge in [0.2, 0.25) is 5.91 Å². The normalized spacial score (nSPS) is 15.0. The second kappa shape index (κ2) is 7.77. The van der Waals surface area contributed by atoms with E-state index in [0.29, 0.717) is 38.2 Å². The van der Waals surface area contributed by atoms with Gasteiger partial charge in [-0.15, -0.1) is 0 Å². The molecule has 1 fully saturated rings. The van der Waals surface area contributed by atoms with Gasteiger partial charge >= 0.3 is 0 Å². The number of hydrogen-bond donors (Lipinski definition) is 0. The van der Waals surface area contributed by atoms with Crippen molar-refractivity contribution in [1.29, 1.82) is 0 Å². The summed E-state index contributed by atoms with van der Waals surface area (Å²) in [4.78, 5) is 29.1. The summed E-state index contributed by atoms with van der Waals surface area (Å²) in [5, 5.41) is 0. The van der Waals surface area contributed by atoms with Gasteiger partial charge in [-0.3, -0.25) is 9.59 Å². The van der Waals surface area contributed by atoms with Gasteiger partial charge in [0.05, 0.1) is 12.0 Å². The Balaban J connectivity index is 1.62. The number of rotatable bonds is 3. The maximum Gasteiger partial charge on any atom is 0.255 e. The van der Waals surface area contributed by atoms with Crippen molar-refractivity contribution >= 4 is 11.8 Å². The Morgan fingerprint density at radius 1 is 1.00 bits per heavy atom. The predicted molar refractivity (Wildman–Crippen MR) is 102 cm³/mol. The molecule has 1 aromatic carbocycles. The van der Waals surface area contributed by atoms with E-state index in [0.717, 1.165) is 17.5 Å². The van der Waals surface area contributed by atoms with Crippen LogP contribution in [0.1, 0.15) is 33.5 Å². The maximum atomic E-state index is 12.8. The highest BCUT2D eigenvalue weighted by Crippen LogP contribution is 2.14. The van der Waals surface area contributed by atoms with Crippen LogP contribution in [-0.4, -0.2) is 52.4 Å². The molecule has 0 bridgehead atoms. The number of nitrogens with zero attached hydrogens (tertiary/aromatic N) is 3. The van der Waals surface area contributed by atoms with Crippen molar-refractivity contribution in [1.82, 2.24) is 14.4 Å². The molecule has 2 aromatic rings. The Hall–Kier alpha value is -2.56. The Kier molecular flexibility index (Phi) is 5.45. The van der Waals surface area contributed by atoms with Crippen LogP contribution in [0.25, 0.3) is 0 Å². The molecule has 0 unspecified atom stereocenters. The van der Waals surface area contributed by atoms with Crippen LogP contribution >= 0.6 is 0 Å². The van der Waals surface area contributed by atoms with Crippen LogP contribution in [0.4, 0.5) is 0 Å². The first-order valence-electron chi connectivity index (χ1n) is 9.19. The lowest BCUT2D eigenvalue weighted by Crippen LogP contribution is -2.38. The van der Waals surface area contributed by atoms with E-state index in [-0.39, 0.29) is 11.8 Å². The predicted octanol–water partition coefficient (Wildman–Crippen LogP) is 2.56. The summed E-state index contributed by atoms with van der Waals surface area (Å²) < 4.78 is 1.88. The van der Waals surface area contributed by atoms with Gasteiger partial charge in [-0.2, -0.15) is 0 Å². The third-order valence-corrected chi connectivity index (χ3v) is 5.06. The number of aromatic nitrogens is 1. The summed E-state index contributed by atoms with van der Waals surface area (Å²) in [5.41, 5.74) is 4.13. The first-order valence-corrected chi connectivity index (χ1v) is 9.19. The molecule has 0 saturated carbocycles. The second-order valence-electron chi connectivity index (χ2n) is 7.20. The second-order valence-corrected chi connectivity index (χ2v) is 7.20. The minimum Gasteiger partial charge on any atom is -0.356 e. The molecule has 2 amide bonds. The quantitative estimate of drug-likeness (QED) is 0.851. The third-order valence-electron chi connectivity index (χ3n) is 5.06. The fourth-order valence-corrected chi connectivity index (χ4v) is 3.45. The average molecular weight is 353 g/mol. The van der Waals surface area contributed by atoms with E-state index in [2.05, 4.69) is 18.2 Å². The van der Waals surface area contributed by atoms with Crippen LogP contribution in [-0.2, 0) is 18.3 Å². The maximum absolute atomic E-state index is 12.8. The summed E-state index contributed by atoms with van der Waals surface area (Å²) in [6, 6.07) is 8.08. The lowest BCUT2D eigenvalue weighted by Gasteiger charge is -2.22. The van der Waals surface area contributed by atoms with Crippen molar-refractivity contribution in [3.05, 3.63) is 58.9 Å². The Morgan fingerprint density at radius 2 is 1.73 bits per heavy atom. The van der Waals surface area contributed by atoms with Gasteiger partial charge in [0.25, 0.3) is 5.91 Å². The third kappa shape index (κ3) is 4.15. The van der Waals surface area contributed by atoms with Gasteiger partial charge in [-0.05, 0) is 37.5 Å². The number of benzene rings is 1. The molecule has 138 valence electrons. The largest absolute Gasteiger partial charge is 0.356 e. The van der Waals surface area contributed by atoms with E-state index >= 15 is 0 Å². The van der Waals surface area contributed by atoms with Gasteiger partial charge in [-0.1, -0.05) is 23.8 Å². The van der Waals surface area contributed by atoms with Gasteiger partial charge in [0, 0.05) is 45.6 Å². The Labute approximate surface area is 155 Å². The van der Waals surface area contributed by atoms with E-state index in [4.69, 9.17) is 0 Å². The molecule has 1 saturated heterocycles. The number of carbonyl (C=O) groups excluding carboxylic acids is 2. The van der Waals surface area contributed by atoms with Gasteiger partial charge in [0.15, 0.2) is 0 Å². The molecule has 1 aliphatic rings. The lowest BCUT2D eigenvalue weighted by molar-refractivity contribution is -0.130.